The van der Waals surface area contributed by atoms with Gasteiger partial charge in [-0.25, -0.2) is 4.79 Å². The molecule has 1 aromatic heterocycles. The van der Waals surface area contributed by atoms with Gasteiger partial charge in [0.2, 0.25) is 0 Å². The second-order valence-electron chi connectivity index (χ2n) is 6.31. The molecule has 2 rings (SSSR count). The highest BCUT2D eigenvalue weighted by molar-refractivity contribution is 6.31. The molecule has 0 unspecified atom stereocenters. The van der Waals surface area contributed by atoms with Gasteiger partial charge in [-0.3, -0.25) is 4.79 Å². The van der Waals surface area contributed by atoms with Gasteiger partial charge < -0.3 is 14.6 Å². The van der Waals surface area contributed by atoms with Crippen LogP contribution in [0.25, 0.3) is 0 Å². The minimum absolute atomic E-state index is 0.167. The monoisotopic (exact) mass is 312 g/mol. The first kappa shape index (κ1) is 15.9. The van der Waals surface area contributed by atoms with Crippen molar-refractivity contribution in [2.45, 2.75) is 45.1 Å². The van der Waals surface area contributed by atoms with Gasteiger partial charge in [-0.15, -0.1) is 0 Å². The maximum Gasteiger partial charge on any atom is 0.410 e. The zero-order valence-corrected chi connectivity index (χ0v) is 13.4. The Morgan fingerprint density at radius 2 is 2.00 bits per heavy atom. The molecule has 1 aromatic rings. The highest BCUT2D eigenvalue weighted by Gasteiger charge is 2.28. The Kier molecular flexibility index (Phi) is 4.61. The van der Waals surface area contributed by atoms with E-state index in [-0.39, 0.29) is 22.5 Å². The van der Waals surface area contributed by atoms with Crippen LogP contribution < -0.4 is 5.43 Å². The van der Waals surface area contributed by atoms with Crippen LogP contribution in [0.15, 0.2) is 17.1 Å². The van der Waals surface area contributed by atoms with Crippen molar-refractivity contribution in [3.05, 3.63) is 33.2 Å². The van der Waals surface area contributed by atoms with Crippen molar-refractivity contribution in [3.8, 4) is 0 Å². The fourth-order valence-corrected chi connectivity index (χ4v) is 2.72. The topological polar surface area (TPSA) is 62.4 Å². The molecule has 2 heterocycles. The minimum atomic E-state index is -0.484. The van der Waals surface area contributed by atoms with Crippen LogP contribution in [0, 0.1) is 0 Å². The summed E-state index contributed by atoms with van der Waals surface area (Å²) in [6, 6.07) is 1.42. The molecule has 1 fully saturated rings. The number of aromatic amines is 1. The molecule has 1 amide bonds. The first-order valence-electron chi connectivity index (χ1n) is 7.13. The fraction of sp³-hybridized carbons (Fsp3) is 0.600. The summed E-state index contributed by atoms with van der Waals surface area (Å²) in [4.78, 5) is 28.3. The number of amides is 1. The maximum atomic E-state index is 12.0. The molecule has 0 bridgehead atoms. The number of likely N-dealkylation sites (tertiary alicyclic amines) is 1. The fourth-order valence-electron chi connectivity index (χ4n) is 2.45. The van der Waals surface area contributed by atoms with E-state index in [9.17, 15) is 9.59 Å². The first-order valence-corrected chi connectivity index (χ1v) is 7.51. The van der Waals surface area contributed by atoms with Crippen LogP contribution in [0.3, 0.4) is 0 Å². The lowest BCUT2D eigenvalue weighted by Crippen LogP contribution is -2.41. The first-order chi connectivity index (χ1) is 9.78. The third-order valence-electron chi connectivity index (χ3n) is 3.48. The number of halogens is 1. The SMILES string of the molecule is CC(C)(C)OC(=O)N1CCC(c2[nH]ccc(=O)c2Cl)CC1. The van der Waals surface area contributed by atoms with Crippen molar-refractivity contribution < 1.29 is 9.53 Å². The van der Waals surface area contributed by atoms with Crippen LogP contribution in [0.5, 0.6) is 0 Å². The van der Waals surface area contributed by atoms with E-state index in [1.54, 1.807) is 11.1 Å². The summed E-state index contributed by atoms with van der Waals surface area (Å²) in [6.07, 6.45) is 2.86. The summed E-state index contributed by atoms with van der Waals surface area (Å²) in [5.74, 6) is 0.171. The van der Waals surface area contributed by atoms with E-state index in [2.05, 4.69) is 4.98 Å². The van der Waals surface area contributed by atoms with Crippen molar-refractivity contribution in [1.29, 1.82) is 0 Å². The van der Waals surface area contributed by atoms with Gasteiger partial charge in [0, 0.05) is 37.0 Å². The van der Waals surface area contributed by atoms with E-state index in [1.165, 1.54) is 6.07 Å². The molecular weight excluding hydrogens is 292 g/mol. The zero-order chi connectivity index (χ0) is 15.6. The van der Waals surface area contributed by atoms with E-state index < -0.39 is 5.60 Å². The molecule has 1 aliphatic rings. The lowest BCUT2D eigenvalue weighted by Gasteiger charge is -2.33. The molecule has 21 heavy (non-hydrogen) atoms. The summed E-state index contributed by atoms with van der Waals surface area (Å²) in [6.45, 7) is 6.77. The van der Waals surface area contributed by atoms with Gasteiger partial charge in [0.25, 0.3) is 0 Å². The van der Waals surface area contributed by atoms with E-state index in [1.807, 2.05) is 20.8 Å². The van der Waals surface area contributed by atoms with Crippen LogP contribution >= 0.6 is 11.6 Å². The highest BCUT2D eigenvalue weighted by Crippen LogP contribution is 2.30. The summed E-state index contributed by atoms with van der Waals surface area (Å²) in [5, 5.41) is 0.258. The number of carbonyl (C=O) groups excluding carboxylic acids is 1. The van der Waals surface area contributed by atoms with E-state index >= 15 is 0 Å². The van der Waals surface area contributed by atoms with Crippen molar-refractivity contribution in [2.75, 3.05) is 13.1 Å². The van der Waals surface area contributed by atoms with Crippen molar-refractivity contribution >= 4 is 17.7 Å². The van der Waals surface area contributed by atoms with Crippen molar-refractivity contribution in [2.24, 2.45) is 0 Å². The van der Waals surface area contributed by atoms with Gasteiger partial charge >= 0.3 is 6.09 Å². The van der Waals surface area contributed by atoms with E-state index in [0.29, 0.717) is 13.1 Å². The number of hydrogen-bond donors (Lipinski definition) is 1. The molecule has 1 N–H and O–H groups in total. The maximum absolute atomic E-state index is 12.0. The predicted molar refractivity (Wildman–Crippen MR) is 81.9 cm³/mol. The molecule has 0 atom stereocenters. The van der Waals surface area contributed by atoms with Gasteiger partial charge in [-0.2, -0.15) is 0 Å². The Morgan fingerprint density at radius 3 is 2.57 bits per heavy atom. The molecule has 0 saturated carbocycles. The summed E-state index contributed by atoms with van der Waals surface area (Å²) in [7, 11) is 0. The van der Waals surface area contributed by atoms with Crippen LogP contribution in [0.4, 0.5) is 4.79 Å². The Bertz CT molecular complexity index is 569. The lowest BCUT2D eigenvalue weighted by atomic mass is 9.93. The number of nitrogens with zero attached hydrogens (tertiary/aromatic N) is 1. The molecular formula is C15H21ClN2O3. The van der Waals surface area contributed by atoms with Crippen LogP contribution in [0.2, 0.25) is 5.02 Å². The number of hydrogen-bond acceptors (Lipinski definition) is 3. The third kappa shape index (κ3) is 4.00. The number of aromatic nitrogens is 1. The lowest BCUT2D eigenvalue weighted by molar-refractivity contribution is 0.0204. The minimum Gasteiger partial charge on any atom is -0.444 e. The Hall–Kier alpha value is -1.49. The second-order valence-corrected chi connectivity index (χ2v) is 6.69. The molecule has 0 aliphatic carbocycles. The average molecular weight is 313 g/mol. The molecule has 6 heteroatoms. The zero-order valence-electron chi connectivity index (χ0n) is 12.6. The standard InChI is InChI=1S/C15H21ClN2O3/c1-15(2,3)21-14(20)18-8-5-10(6-9-18)13-12(16)11(19)4-7-17-13/h4,7,10H,5-6,8-9H2,1-3H3,(H,17,19). The second kappa shape index (κ2) is 6.10. The van der Waals surface area contributed by atoms with Crippen LogP contribution in [-0.2, 0) is 4.74 Å². The summed E-state index contributed by atoms with van der Waals surface area (Å²) in [5.41, 5.74) is 0.120. The molecule has 0 aromatic carbocycles. The third-order valence-corrected chi connectivity index (χ3v) is 3.87. The molecule has 0 radical (unpaired) electrons. The number of rotatable bonds is 1. The Labute approximate surface area is 129 Å². The Balaban J connectivity index is 1.99. The molecule has 1 aliphatic heterocycles. The van der Waals surface area contributed by atoms with E-state index in [0.717, 1.165) is 18.5 Å². The molecule has 116 valence electrons. The van der Waals surface area contributed by atoms with Gasteiger partial charge in [0.1, 0.15) is 10.6 Å². The number of nitrogens with one attached hydrogen (secondary N) is 1. The Morgan fingerprint density at radius 1 is 1.38 bits per heavy atom. The highest BCUT2D eigenvalue weighted by atomic mass is 35.5. The quantitative estimate of drug-likeness (QED) is 0.866. The number of ether oxygens (including phenoxy) is 1. The van der Waals surface area contributed by atoms with Crippen molar-refractivity contribution in [3.63, 3.8) is 0 Å². The number of carbonyl (C=O) groups is 1. The predicted octanol–water partition coefficient (Wildman–Crippen LogP) is 3.14. The van der Waals surface area contributed by atoms with Crippen molar-refractivity contribution in [1.82, 2.24) is 9.88 Å². The summed E-state index contributed by atoms with van der Waals surface area (Å²) < 4.78 is 5.36. The van der Waals surface area contributed by atoms with Crippen LogP contribution in [0.1, 0.15) is 45.2 Å². The number of H-pyrrole nitrogens is 1. The van der Waals surface area contributed by atoms with Gasteiger partial charge in [0.15, 0.2) is 5.43 Å². The summed E-state index contributed by atoms with van der Waals surface area (Å²) >= 11 is 6.06. The number of piperidine rings is 1. The van der Waals surface area contributed by atoms with Crippen LogP contribution in [-0.4, -0.2) is 34.7 Å². The average Bonchev–Trinajstić information content (AvgIpc) is 2.40. The largest absolute Gasteiger partial charge is 0.444 e. The number of pyridine rings is 1. The normalized spacial score (nSPS) is 16.9. The van der Waals surface area contributed by atoms with Gasteiger partial charge in [0.05, 0.1) is 0 Å². The smallest absolute Gasteiger partial charge is 0.410 e. The molecule has 0 spiro atoms. The molecule has 1 saturated heterocycles. The van der Waals surface area contributed by atoms with E-state index in [4.69, 9.17) is 16.3 Å². The van der Waals surface area contributed by atoms with Gasteiger partial charge in [-0.05, 0) is 33.6 Å². The molecule has 5 nitrogen and oxygen atoms in total. The van der Waals surface area contributed by atoms with Gasteiger partial charge in [-0.1, -0.05) is 11.6 Å².